The van der Waals surface area contributed by atoms with Crippen LogP contribution in [-0.2, 0) is 6.42 Å². The third kappa shape index (κ3) is 3.21. The van der Waals surface area contributed by atoms with Crippen molar-refractivity contribution in [2.24, 2.45) is 0 Å². The van der Waals surface area contributed by atoms with Crippen LogP contribution < -0.4 is 10.9 Å². The molecule has 1 amide bonds. The van der Waals surface area contributed by atoms with Crippen LogP contribution in [0.2, 0.25) is 0 Å². The topological polar surface area (TPSA) is 91.0 Å². The summed E-state index contributed by atoms with van der Waals surface area (Å²) in [5, 5.41) is 11.4. The van der Waals surface area contributed by atoms with Gasteiger partial charge in [0.25, 0.3) is 11.5 Å². The van der Waals surface area contributed by atoms with Crippen molar-refractivity contribution in [3.63, 3.8) is 0 Å². The number of carbonyl (C=O) groups is 1. The maximum atomic E-state index is 12.7. The number of nitrogens with zero attached hydrogens (tertiary/aromatic N) is 3. The third-order valence-corrected chi connectivity index (χ3v) is 4.59. The van der Waals surface area contributed by atoms with E-state index < -0.39 is 0 Å². The second-order valence-corrected chi connectivity index (χ2v) is 6.30. The Kier molecular flexibility index (Phi) is 4.45. The summed E-state index contributed by atoms with van der Waals surface area (Å²) in [7, 11) is 0. The van der Waals surface area contributed by atoms with E-state index in [1.54, 1.807) is 18.3 Å². The lowest BCUT2D eigenvalue weighted by atomic mass is 10.1. The van der Waals surface area contributed by atoms with E-state index in [1.165, 1.54) is 0 Å². The average molecular weight is 349 g/mol. The fraction of sp³-hybridized carbons (Fsp3) is 0.263. The highest BCUT2D eigenvalue weighted by Crippen LogP contribution is 2.16. The predicted molar refractivity (Wildman–Crippen MR) is 98.2 cm³/mol. The Morgan fingerprint density at radius 2 is 1.88 bits per heavy atom. The number of carbonyl (C=O) groups excluding carboxylic acids is 1. The number of pyridine rings is 1. The molecule has 7 nitrogen and oxygen atoms in total. The minimum absolute atomic E-state index is 0.0226. The minimum atomic E-state index is -0.208. The highest BCUT2D eigenvalue weighted by molar-refractivity contribution is 5.94. The molecule has 0 bridgehead atoms. The Labute approximate surface area is 150 Å². The highest BCUT2D eigenvalue weighted by Gasteiger charge is 2.18. The lowest BCUT2D eigenvalue weighted by molar-refractivity contribution is 0.0735. The van der Waals surface area contributed by atoms with Crippen molar-refractivity contribution < 1.29 is 4.79 Å². The molecule has 2 N–H and O–H groups in total. The summed E-state index contributed by atoms with van der Waals surface area (Å²) in [5.74, 6) is 0.0226. The molecule has 0 aliphatic carbocycles. The highest BCUT2D eigenvalue weighted by atomic mass is 16.2. The Hall–Kier alpha value is -3.06. The lowest BCUT2D eigenvalue weighted by Gasteiger charge is -2.27. The van der Waals surface area contributed by atoms with E-state index in [0.717, 1.165) is 29.9 Å². The van der Waals surface area contributed by atoms with Gasteiger partial charge in [-0.1, -0.05) is 18.2 Å². The standard InChI is InChI=1S/C19H19N5O2/c25-18-16-4-2-1-3-15(16)17(22-23-18)12-14-11-13(5-6-21-14)19(26)24-9-7-20-8-10-24/h1-6,11,20H,7-10,12H2,(H,23,25). The number of rotatable bonds is 3. The number of aromatic amines is 1. The zero-order valence-electron chi connectivity index (χ0n) is 14.2. The van der Waals surface area contributed by atoms with Crippen molar-refractivity contribution in [3.05, 3.63) is 69.9 Å². The van der Waals surface area contributed by atoms with Crippen molar-refractivity contribution in [1.82, 2.24) is 25.4 Å². The lowest BCUT2D eigenvalue weighted by Crippen LogP contribution is -2.46. The van der Waals surface area contributed by atoms with Crippen molar-refractivity contribution in [1.29, 1.82) is 0 Å². The van der Waals surface area contributed by atoms with Crippen molar-refractivity contribution in [2.45, 2.75) is 6.42 Å². The van der Waals surface area contributed by atoms with Crippen molar-refractivity contribution in [3.8, 4) is 0 Å². The van der Waals surface area contributed by atoms with E-state index in [0.29, 0.717) is 30.5 Å². The van der Waals surface area contributed by atoms with E-state index in [2.05, 4.69) is 20.5 Å². The molecule has 3 aromatic rings. The minimum Gasteiger partial charge on any atom is -0.336 e. The van der Waals surface area contributed by atoms with Crippen LogP contribution in [0.1, 0.15) is 21.7 Å². The molecule has 0 unspecified atom stereocenters. The van der Waals surface area contributed by atoms with Crippen LogP contribution in [0.25, 0.3) is 10.8 Å². The van der Waals surface area contributed by atoms with Gasteiger partial charge < -0.3 is 10.2 Å². The molecule has 4 rings (SSSR count). The van der Waals surface area contributed by atoms with Crippen molar-refractivity contribution in [2.75, 3.05) is 26.2 Å². The van der Waals surface area contributed by atoms with Crippen LogP contribution in [0.3, 0.4) is 0 Å². The van der Waals surface area contributed by atoms with Gasteiger partial charge in [-0.3, -0.25) is 14.6 Å². The largest absolute Gasteiger partial charge is 0.336 e. The third-order valence-electron chi connectivity index (χ3n) is 4.59. The van der Waals surface area contributed by atoms with Gasteiger partial charge >= 0.3 is 0 Å². The molecule has 2 aromatic heterocycles. The quantitative estimate of drug-likeness (QED) is 0.735. The summed E-state index contributed by atoms with van der Waals surface area (Å²) < 4.78 is 0. The van der Waals surface area contributed by atoms with Crippen LogP contribution in [0, 0.1) is 0 Å². The van der Waals surface area contributed by atoms with Crippen LogP contribution in [0.15, 0.2) is 47.4 Å². The Bertz CT molecular complexity index is 1010. The Morgan fingerprint density at radius 3 is 2.69 bits per heavy atom. The smallest absolute Gasteiger partial charge is 0.272 e. The van der Waals surface area contributed by atoms with Gasteiger partial charge in [0.2, 0.25) is 0 Å². The first-order valence-corrected chi connectivity index (χ1v) is 8.63. The molecule has 7 heteroatoms. The molecule has 1 aliphatic heterocycles. The average Bonchev–Trinajstić information content (AvgIpc) is 2.71. The van der Waals surface area contributed by atoms with Gasteiger partial charge in [-0.15, -0.1) is 0 Å². The summed E-state index contributed by atoms with van der Waals surface area (Å²) in [6, 6.07) is 10.9. The summed E-state index contributed by atoms with van der Waals surface area (Å²) in [4.78, 5) is 30.8. The first kappa shape index (κ1) is 16.4. The van der Waals surface area contributed by atoms with Gasteiger partial charge in [-0.05, 0) is 18.2 Å². The monoisotopic (exact) mass is 349 g/mol. The van der Waals surface area contributed by atoms with Gasteiger partial charge in [-0.25, -0.2) is 5.10 Å². The van der Waals surface area contributed by atoms with Crippen LogP contribution in [-0.4, -0.2) is 52.2 Å². The van der Waals surface area contributed by atoms with Gasteiger partial charge in [0.05, 0.1) is 11.1 Å². The van der Waals surface area contributed by atoms with Gasteiger partial charge in [0.1, 0.15) is 0 Å². The maximum absolute atomic E-state index is 12.7. The van der Waals surface area contributed by atoms with Gasteiger partial charge in [0, 0.05) is 55.4 Å². The maximum Gasteiger partial charge on any atom is 0.272 e. The number of H-pyrrole nitrogens is 1. The predicted octanol–water partition coefficient (Wildman–Crippen LogP) is 0.954. The summed E-state index contributed by atoms with van der Waals surface area (Å²) in [6.07, 6.45) is 2.10. The van der Waals surface area contributed by atoms with Gasteiger partial charge in [0.15, 0.2) is 0 Å². The molecule has 0 spiro atoms. The normalized spacial score (nSPS) is 14.5. The van der Waals surface area contributed by atoms with Crippen LogP contribution >= 0.6 is 0 Å². The first-order chi connectivity index (χ1) is 12.7. The first-order valence-electron chi connectivity index (χ1n) is 8.63. The number of hydrogen-bond acceptors (Lipinski definition) is 5. The fourth-order valence-electron chi connectivity index (χ4n) is 3.24. The number of benzene rings is 1. The molecule has 0 atom stereocenters. The molecule has 1 aromatic carbocycles. The Morgan fingerprint density at radius 1 is 1.12 bits per heavy atom. The van der Waals surface area contributed by atoms with Gasteiger partial charge in [-0.2, -0.15) is 5.10 Å². The summed E-state index contributed by atoms with van der Waals surface area (Å²) >= 11 is 0. The summed E-state index contributed by atoms with van der Waals surface area (Å²) in [5.41, 5.74) is 1.90. The molecule has 3 heterocycles. The fourth-order valence-corrected chi connectivity index (χ4v) is 3.24. The molecular weight excluding hydrogens is 330 g/mol. The zero-order chi connectivity index (χ0) is 17.9. The number of hydrogen-bond donors (Lipinski definition) is 2. The zero-order valence-corrected chi connectivity index (χ0v) is 14.2. The SMILES string of the molecule is O=C(c1ccnc(Cc2n[nH]c(=O)c3ccccc23)c1)N1CCNCC1. The molecule has 1 aliphatic rings. The van der Waals surface area contributed by atoms with E-state index in [4.69, 9.17) is 0 Å². The van der Waals surface area contributed by atoms with Crippen LogP contribution in [0.5, 0.6) is 0 Å². The van der Waals surface area contributed by atoms with E-state index in [9.17, 15) is 9.59 Å². The molecule has 0 radical (unpaired) electrons. The second-order valence-electron chi connectivity index (χ2n) is 6.30. The number of fused-ring (bicyclic) bond motifs is 1. The Balaban J connectivity index is 1.63. The van der Waals surface area contributed by atoms with E-state index in [-0.39, 0.29) is 11.5 Å². The molecule has 1 fully saturated rings. The number of amides is 1. The molecule has 1 saturated heterocycles. The summed E-state index contributed by atoms with van der Waals surface area (Å²) in [6.45, 7) is 3.05. The molecule has 0 saturated carbocycles. The second kappa shape index (κ2) is 7.05. The number of piperazine rings is 1. The van der Waals surface area contributed by atoms with Crippen molar-refractivity contribution >= 4 is 16.7 Å². The molecule has 132 valence electrons. The van der Waals surface area contributed by atoms with Crippen LogP contribution in [0.4, 0.5) is 0 Å². The number of aromatic nitrogens is 3. The molecular formula is C19H19N5O2. The van der Waals surface area contributed by atoms with E-state index >= 15 is 0 Å². The number of nitrogens with one attached hydrogen (secondary N) is 2. The molecule has 26 heavy (non-hydrogen) atoms. The van der Waals surface area contributed by atoms with E-state index in [1.807, 2.05) is 29.2 Å².